The summed E-state index contributed by atoms with van der Waals surface area (Å²) in [6.07, 6.45) is 0. The SMILES string of the molecule is Cc1cc(-c2nc(C(N)c3ccccc3)no2)cc(S(N)(=O)=O)c1C. The maximum Gasteiger partial charge on any atom is 0.258 e. The van der Waals surface area contributed by atoms with Gasteiger partial charge in [0, 0.05) is 5.56 Å². The van der Waals surface area contributed by atoms with Gasteiger partial charge in [-0.2, -0.15) is 4.98 Å². The monoisotopic (exact) mass is 358 g/mol. The molecule has 1 atom stereocenters. The molecular formula is C17H18N4O3S. The summed E-state index contributed by atoms with van der Waals surface area (Å²) in [5, 5.41) is 9.21. The van der Waals surface area contributed by atoms with E-state index in [1.807, 2.05) is 30.3 Å². The number of aromatic nitrogens is 2. The van der Waals surface area contributed by atoms with Gasteiger partial charge < -0.3 is 10.3 Å². The predicted molar refractivity (Wildman–Crippen MR) is 93.1 cm³/mol. The number of hydrogen-bond donors (Lipinski definition) is 2. The fourth-order valence-corrected chi connectivity index (χ4v) is 3.41. The summed E-state index contributed by atoms with van der Waals surface area (Å²) in [7, 11) is -3.85. The molecule has 3 aromatic rings. The van der Waals surface area contributed by atoms with Gasteiger partial charge in [-0.05, 0) is 42.7 Å². The summed E-state index contributed by atoms with van der Waals surface area (Å²) in [4.78, 5) is 4.35. The fraction of sp³-hybridized carbons (Fsp3) is 0.176. The first-order valence-electron chi connectivity index (χ1n) is 7.56. The minimum absolute atomic E-state index is 0.0367. The molecule has 130 valence electrons. The number of hydrogen-bond acceptors (Lipinski definition) is 6. The number of sulfonamides is 1. The van der Waals surface area contributed by atoms with Crippen molar-refractivity contribution in [2.45, 2.75) is 24.8 Å². The van der Waals surface area contributed by atoms with E-state index in [0.717, 1.165) is 11.1 Å². The van der Waals surface area contributed by atoms with Crippen molar-refractivity contribution in [2.75, 3.05) is 0 Å². The van der Waals surface area contributed by atoms with Crippen molar-refractivity contribution in [3.63, 3.8) is 0 Å². The third kappa shape index (κ3) is 3.46. The Kier molecular flexibility index (Phi) is 4.42. The van der Waals surface area contributed by atoms with Gasteiger partial charge >= 0.3 is 0 Å². The molecule has 1 aromatic heterocycles. The molecule has 0 bridgehead atoms. The van der Waals surface area contributed by atoms with Crippen LogP contribution in [0.5, 0.6) is 0 Å². The van der Waals surface area contributed by atoms with Gasteiger partial charge in [-0.15, -0.1) is 0 Å². The molecule has 0 aliphatic rings. The normalized spacial score (nSPS) is 13.0. The molecule has 2 aromatic carbocycles. The molecule has 0 aliphatic heterocycles. The third-order valence-electron chi connectivity index (χ3n) is 4.05. The summed E-state index contributed by atoms with van der Waals surface area (Å²) in [6, 6.07) is 12.0. The number of aryl methyl sites for hydroxylation is 1. The van der Waals surface area contributed by atoms with Crippen LogP contribution >= 0.6 is 0 Å². The zero-order chi connectivity index (χ0) is 18.2. The van der Waals surface area contributed by atoms with Gasteiger partial charge in [0.1, 0.15) is 0 Å². The highest BCUT2D eigenvalue weighted by Gasteiger charge is 2.20. The van der Waals surface area contributed by atoms with Crippen LogP contribution < -0.4 is 10.9 Å². The Morgan fingerprint density at radius 1 is 1.12 bits per heavy atom. The molecule has 0 saturated heterocycles. The summed E-state index contributed by atoms with van der Waals surface area (Å²) in [5.74, 6) is 0.506. The second-order valence-corrected chi connectivity index (χ2v) is 7.34. The van der Waals surface area contributed by atoms with Gasteiger partial charge in [0.15, 0.2) is 5.82 Å². The molecule has 7 nitrogen and oxygen atoms in total. The molecule has 4 N–H and O–H groups in total. The van der Waals surface area contributed by atoms with E-state index >= 15 is 0 Å². The average molecular weight is 358 g/mol. The molecule has 0 radical (unpaired) electrons. The van der Waals surface area contributed by atoms with Crippen LogP contribution in [0.2, 0.25) is 0 Å². The van der Waals surface area contributed by atoms with Crippen LogP contribution in [0, 0.1) is 13.8 Å². The number of nitrogens with two attached hydrogens (primary N) is 2. The van der Waals surface area contributed by atoms with Gasteiger partial charge in [0.25, 0.3) is 5.89 Å². The molecule has 3 rings (SSSR count). The maximum atomic E-state index is 11.8. The molecule has 0 aliphatic carbocycles. The van der Waals surface area contributed by atoms with Crippen LogP contribution in [-0.2, 0) is 10.0 Å². The fourth-order valence-electron chi connectivity index (χ4n) is 2.53. The lowest BCUT2D eigenvalue weighted by Crippen LogP contribution is -2.14. The second-order valence-electron chi connectivity index (χ2n) is 5.81. The van der Waals surface area contributed by atoms with E-state index in [1.54, 1.807) is 19.9 Å². The molecule has 0 fully saturated rings. The van der Waals surface area contributed by atoms with E-state index in [4.69, 9.17) is 15.4 Å². The minimum atomic E-state index is -3.85. The van der Waals surface area contributed by atoms with Gasteiger partial charge in [-0.3, -0.25) is 0 Å². The minimum Gasteiger partial charge on any atom is -0.334 e. The van der Waals surface area contributed by atoms with Crippen molar-refractivity contribution < 1.29 is 12.9 Å². The van der Waals surface area contributed by atoms with Crippen molar-refractivity contribution in [1.82, 2.24) is 10.1 Å². The molecule has 1 unspecified atom stereocenters. The molecule has 0 amide bonds. The summed E-state index contributed by atoms with van der Waals surface area (Å²) < 4.78 is 28.8. The average Bonchev–Trinajstić information content (AvgIpc) is 3.06. The topological polar surface area (TPSA) is 125 Å². The van der Waals surface area contributed by atoms with Crippen LogP contribution in [0.25, 0.3) is 11.5 Å². The van der Waals surface area contributed by atoms with Crippen molar-refractivity contribution >= 4 is 10.0 Å². The van der Waals surface area contributed by atoms with Crippen LogP contribution in [0.15, 0.2) is 51.9 Å². The lowest BCUT2D eigenvalue weighted by atomic mass is 10.1. The van der Waals surface area contributed by atoms with Crippen LogP contribution in [0.3, 0.4) is 0 Å². The van der Waals surface area contributed by atoms with E-state index < -0.39 is 16.1 Å². The van der Waals surface area contributed by atoms with E-state index in [1.165, 1.54) is 6.07 Å². The molecule has 0 spiro atoms. The number of nitrogens with zero attached hydrogens (tertiary/aromatic N) is 2. The molecule has 8 heteroatoms. The maximum absolute atomic E-state index is 11.8. The first-order chi connectivity index (χ1) is 11.8. The summed E-state index contributed by atoms with van der Waals surface area (Å²) >= 11 is 0. The first-order valence-corrected chi connectivity index (χ1v) is 9.10. The summed E-state index contributed by atoms with van der Waals surface area (Å²) in [5.41, 5.74) is 8.83. The largest absolute Gasteiger partial charge is 0.334 e. The molecular weight excluding hydrogens is 340 g/mol. The van der Waals surface area contributed by atoms with E-state index in [2.05, 4.69) is 10.1 Å². The van der Waals surface area contributed by atoms with Crippen molar-refractivity contribution in [2.24, 2.45) is 10.9 Å². The van der Waals surface area contributed by atoms with Gasteiger partial charge in [0.05, 0.1) is 10.9 Å². The zero-order valence-electron chi connectivity index (χ0n) is 13.8. The standard InChI is InChI=1S/C17H18N4O3S/c1-10-8-13(9-14(11(10)2)25(19,22)23)17-20-16(21-24-17)15(18)12-6-4-3-5-7-12/h3-9,15H,18H2,1-2H3,(H2,19,22,23). The number of primary sulfonamides is 1. The molecule has 0 saturated carbocycles. The van der Waals surface area contributed by atoms with E-state index in [0.29, 0.717) is 17.0 Å². The van der Waals surface area contributed by atoms with Crippen molar-refractivity contribution in [1.29, 1.82) is 0 Å². The van der Waals surface area contributed by atoms with E-state index in [9.17, 15) is 8.42 Å². The number of rotatable bonds is 4. The zero-order valence-corrected chi connectivity index (χ0v) is 14.6. The first kappa shape index (κ1) is 17.3. The molecule has 1 heterocycles. The quantitative estimate of drug-likeness (QED) is 0.735. The van der Waals surface area contributed by atoms with Crippen molar-refractivity contribution in [3.05, 3.63) is 65.0 Å². The highest BCUT2D eigenvalue weighted by Crippen LogP contribution is 2.27. The highest BCUT2D eigenvalue weighted by molar-refractivity contribution is 7.89. The van der Waals surface area contributed by atoms with Crippen molar-refractivity contribution in [3.8, 4) is 11.5 Å². The summed E-state index contributed by atoms with van der Waals surface area (Å²) in [6.45, 7) is 3.49. The van der Waals surface area contributed by atoms with Gasteiger partial charge in [-0.1, -0.05) is 35.5 Å². The predicted octanol–water partition coefficient (Wildman–Crippen LogP) is 2.05. The lowest BCUT2D eigenvalue weighted by molar-refractivity contribution is 0.419. The molecule has 25 heavy (non-hydrogen) atoms. The van der Waals surface area contributed by atoms with Crippen LogP contribution in [-0.4, -0.2) is 18.6 Å². The Bertz CT molecular complexity index is 1010. The third-order valence-corrected chi connectivity index (χ3v) is 5.09. The van der Waals surface area contributed by atoms with Gasteiger partial charge in [-0.25, -0.2) is 13.6 Å². The Hall–Kier alpha value is -2.55. The highest BCUT2D eigenvalue weighted by atomic mass is 32.2. The van der Waals surface area contributed by atoms with Gasteiger partial charge in [0.2, 0.25) is 10.0 Å². The second kappa shape index (κ2) is 6.40. The Morgan fingerprint density at radius 2 is 1.80 bits per heavy atom. The van der Waals surface area contributed by atoms with E-state index in [-0.39, 0.29) is 10.8 Å². The lowest BCUT2D eigenvalue weighted by Gasteiger charge is -2.08. The Morgan fingerprint density at radius 3 is 2.44 bits per heavy atom. The number of benzene rings is 2. The van der Waals surface area contributed by atoms with Crippen LogP contribution in [0.1, 0.15) is 28.6 Å². The van der Waals surface area contributed by atoms with Crippen LogP contribution in [0.4, 0.5) is 0 Å². The smallest absolute Gasteiger partial charge is 0.258 e. The Labute approximate surface area is 145 Å². The Balaban J connectivity index is 2.02.